The standard InChI is InChI=1S/C23H23F6N3O3/c24-17-12-19(26)18(25)10-14(17)9-15(30)11-21(33)32-6-2-5-31-22(34)20(32)8-13-3-1-4-16(7-13)35-23(27,28)29/h1,3-4,7,10,12,15,20H,2,5-6,8-9,11,30H2,(H,31,34)/t15-,20?/m1/s1. The van der Waals surface area contributed by atoms with Crippen molar-refractivity contribution in [3.8, 4) is 5.75 Å². The molecular weight excluding hydrogens is 480 g/mol. The first-order valence-electron chi connectivity index (χ1n) is 10.7. The average molecular weight is 503 g/mol. The van der Waals surface area contributed by atoms with Gasteiger partial charge in [-0.05, 0) is 42.2 Å². The van der Waals surface area contributed by atoms with Gasteiger partial charge in [-0.1, -0.05) is 12.1 Å². The van der Waals surface area contributed by atoms with E-state index < -0.39 is 53.5 Å². The molecule has 190 valence electrons. The van der Waals surface area contributed by atoms with Crippen molar-refractivity contribution >= 4 is 11.8 Å². The molecule has 0 aliphatic carbocycles. The van der Waals surface area contributed by atoms with Gasteiger partial charge in [0.2, 0.25) is 11.8 Å². The Balaban J connectivity index is 1.73. The Bertz CT molecular complexity index is 1080. The molecule has 0 spiro atoms. The number of hydrogen-bond acceptors (Lipinski definition) is 4. The van der Waals surface area contributed by atoms with Crippen molar-refractivity contribution < 1.29 is 40.7 Å². The van der Waals surface area contributed by atoms with Gasteiger partial charge in [-0.3, -0.25) is 9.59 Å². The van der Waals surface area contributed by atoms with Gasteiger partial charge in [0.05, 0.1) is 0 Å². The Kier molecular flexibility index (Phi) is 8.26. The van der Waals surface area contributed by atoms with Gasteiger partial charge in [0.25, 0.3) is 0 Å². The maximum atomic E-state index is 13.9. The number of nitrogens with zero attached hydrogens (tertiary/aromatic N) is 1. The van der Waals surface area contributed by atoms with Crippen LogP contribution in [0.15, 0.2) is 36.4 Å². The van der Waals surface area contributed by atoms with E-state index in [-0.39, 0.29) is 31.4 Å². The summed E-state index contributed by atoms with van der Waals surface area (Å²) in [5.74, 6) is -5.08. The van der Waals surface area contributed by atoms with E-state index in [1.807, 2.05) is 0 Å². The van der Waals surface area contributed by atoms with E-state index in [4.69, 9.17) is 5.73 Å². The number of amides is 2. The van der Waals surface area contributed by atoms with Gasteiger partial charge in [-0.25, -0.2) is 13.2 Å². The van der Waals surface area contributed by atoms with Crippen LogP contribution in [0.2, 0.25) is 0 Å². The molecule has 12 heteroatoms. The van der Waals surface area contributed by atoms with E-state index in [2.05, 4.69) is 10.1 Å². The summed E-state index contributed by atoms with van der Waals surface area (Å²) in [7, 11) is 0. The van der Waals surface area contributed by atoms with Gasteiger partial charge in [-0.15, -0.1) is 13.2 Å². The first-order valence-corrected chi connectivity index (χ1v) is 10.7. The highest BCUT2D eigenvalue weighted by Gasteiger charge is 2.34. The zero-order chi connectivity index (χ0) is 25.8. The fourth-order valence-corrected chi connectivity index (χ4v) is 3.89. The molecular formula is C23H23F6N3O3. The lowest BCUT2D eigenvalue weighted by atomic mass is 10.0. The van der Waals surface area contributed by atoms with Gasteiger partial charge in [0.15, 0.2) is 11.6 Å². The Morgan fingerprint density at radius 3 is 2.57 bits per heavy atom. The molecule has 2 amide bonds. The number of carbonyl (C=O) groups is 2. The van der Waals surface area contributed by atoms with Crippen molar-refractivity contribution in [2.24, 2.45) is 5.73 Å². The number of carbonyl (C=O) groups excluding carboxylic acids is 2. The lowest BCUT2D eigenvalue weighted by Crippen LogP contribution is -2.49. The van der Waals surface area contributed by atoms with Crippen LogP contribution in [0.25, 0.3) is 0 Å². The van der Waals surface area contributed by atoms with E-state index in [0.29, 0.717) is 30.7 Å². The zero-order valence-electron chi connectivity index (χ0n) is 18.4. The fourth-order valence-electron chi connectivity index (χ4n) is 3.89. The first-order chi connectivity index (χ1) is 16.4. The van der Waals surface area contributed by atoms with Gasteiger partial charge < -0.3 is 20.7 Å². The van der Waals surface area contributed by atoms with Crippen LogP contribution in [0, 0.1) is 17.5 Å². The number of alkyl halides is 3. The normalized spacial score (nSPS) is 17.5. The predicted octanol–water partition coefficient (Wildman–Crippen LogP) is 3.22. The minimum atomic E-state index is -4.89. The topological polar surface area (TPSA) is 84.7 Å². The second-order valence-corrected chi connectivity index (χ2v) is 8.17. The summed E-state index contributed by atoms with van der Waals surface area (Å²) >= 11 is 0. The lowest BCUT2D eigenvalue weighted by Gasteiger charge is -2.30. The van der Waals surface area contributed by atoms with Gasteiger partial charge in [0, 0.05) is 38.0 Å². The van der Waals surface area contributed by atoms with E-state index in [9.17, 15) is 35.9 Å². The molecule has 2 aromatic rings. The fraction of sp³-hybridized carbons (Fsp3) is 0.391. The Morgan fingerprint density at radius 2 is 1.86 bits per heavy atom. The van der Waals surface area contributed by atoms with Crippen LogP contribution in [0.3, 0.4) is 0 Å². The van der Waals surface area contributed by atoms with Crippen molar-refractivity contribution in [2.75, 3.05) is 13.1 Å². The second-order valence-electron chi connectivity index (χ2n) is 8.17. The van der Waals surface area contributed by atoms with E-state index in [1.165, 1.54) is 17.0 Å². The molecule has 35 heavy (non-hydrogen) atoms. The van der Waals surface area contributed by atoms with E-state index >= 15 is 0 Å². The molecule has 1 fully saturated rings. The molecule has 0 saturated carbocycles. The van der Waals surface area contributed by atoms with E-state index in [0.717, 1.165) is 12.1 Å². The van der Waals surface area contributed by atoms with Crippen molar-refractivity contribution in [1.82, 2.24) is 10.2 Å². The lowest BCUT2D eigenvalue weighted by molar-refractivity contribution is -0.274. The summed E-state index contributed by atoms with van der Waals surface area (Å²) in [5, 5.41) is 2.66. The minimum absolute atomic E-state index is 0.0837. The number of benzene rings is 2. The van der Waals surface area contributed by atoms with Crippen LogP contribution in [-0.2, 0) is 22.4 Å². The largest absolute Gasteiger partial charge is 0.573 e. The van der Waals surface area contributed by atoms with Crippen LogP contribution in [0.4, 0.5) is 26.3 Å². The van der Waals surface area contributed by atoms with Crippen LogP contribution in [0.1, 0.15) is 24.0 Å². The zero-order valence-corrected chi connectivity index (χ0v) is 18.4. The second kappa shape index (κ2) is 11.0. The van der Waals surface area contributed by atoms with Crippen molar-refractivity contribution in [1.29, 1.82) is 0 Å². The van der Waals surface area contributed by atoms with Gasteiger partial charge >= 0.3 is 6.36 Å². The Labute approximate surface area is 197 Å². The van der Waals surface area contributed by atoms with Crippen LogP contribution in [-0.4, -0.2) is 48.2 Å². The molecule has 3 N–H and O–H groups in total. The molecule has 1 aliphatic rings. The third-order valence-corrected chi connectivity index (χ3v) is 5.44. The van der Waals surface area contributed by atoms with Crippen LogP contribution < -0.4 is 15.8 Å². The molecule has 3 rings (SSSR count). The molecule has 0 bridgehead atoms. The number of halogens is 6. The van der Waals surface area contributed by atoms with Crippen LogP contribution >= 0.6 is 0 Å². The maximum Gasteiger partial charge on any atom is 0.573 e. The maximum absolute atomic E-state index is 13.9. The van der Waals surface area contributed by atoms with Crippen molar-refractivity contribution in [2.45, 2.75) is 44.1 Å². The first kappa shape index (κ1) is 26.3. The third-order valence-electron chi connectivity index (χ3n) is 5.44. The molecule has 1 heterocycles. The minimum Gasteiger partial charge on any atom is -0.406 e. The molecule has 2 aromatic carbocycles. The number of rotatable bonds is 7. The molecule has 6 nitrogen and oxygen atoms in total. The molecule has 0 aromatic heterocycles. The number of nitrogens with two attached hydrogens (primary N) is 1. The predicted molar refractivity (Wildman–Crippen MR) is 113 cm³/mol. The molecule has 1 aliphatic heterocycles. The number of hydrogen-bond donors (Lipinski definition) is 2. The SMILES string of the molecule is N[C@@H](CC(=O)N1CCCNC(=O)C1Cc1cccc(OC(F)(F)F)c1)Cc1cc(F)c(F)cc1F. The summed E-state index contributed by atoms with van der Waals surface area (Å²) < 4.78 is 82.1. The van der Waals surface area contributed by atoms with Crippen molar-refractivity contribution in [3.63, 3.8) is 0 Å². The molecule has 1 saturated heterocycles. The highest BCUT2D eigenvalue weighted by atomic mass is 19.4. The molecule has 2 atom stereocenters. The number of ether oxygens (including phenoxy) is 1. The molecule has 1 unspecified atom stereocenters. The Hall–Kier alpha value is -3.28. The summed E-state index contributed by atoms with van der Waals surface area (Å²) in [5.41, 5.74) is 6.10. The Morgan fingerprint density at radius 1 is 1.14 bits per heavy atom. The van der Waals surface area contributed by atoms with Gasteiger partial charge in [-0.2, -0.15) is 0 Å². The van der Waals surface area contributed by atoms with Gasteiger partial charge in [0.1, 0.15) is 17.6 Å². The summed E-state index contributed by atoms with van der Waals surface area (Å²) in [6.45, 7) is 0.468. The summed E-state index contributed by atoms with van der Waals surface area (Å²) in [6, 6.07) is 4.16. The smallest absolute Gasteiger partial charge is 0.406 e. The third kappa shape index (κ3) is 7.35. The highest BCUT2D eigenvalue weighted by molar-refractivity contribution is 5.88. The average Bonchev–Trinajstić information content (AvgIpc) is 2.92. The highest BCUT2D eigenvalue weighted by Crippen LogP contribution is 2.25. The quantitative estimate of drug-likeness (QED) is 0.449. The monoisotopic (exact) mass is 503 g/mol. The summed E-state index contributed by atoms with van der Waals surface area (Å²) in [4.78, 5) is 27.0. The number of nitrogens with one attached hydrogen (secondary N) is 1. The van der Waals surface area contributed by atoms with E-state index in [1.54, 1.807) is 0 Å². The van der Waals surface area contributed by atoms with Crippen LogP contribution in [0.5, 0.6) is 5.75 Å². The summed E-state index contributed by atoms with van der Waals surface area (Å²) in [6.07, 6.45) is -5.11. The van der Waals surface area contributed by atoms with Crippen molar-refractivity contribution in [3.05, 3.63) is 65.0 Å². The molecule has 0 radical (unpaired) electrons.